The minimum atomic E-state index is -0.970. The van der Waals surface area contributed by atoms with Gasteiger partial charge in [0.05, 0.1) is 17.8 Å². The fraction of sp³-hybridized carbons (Fsp3) is 0.769. The highest BCUT2D eigenvalue weighted by molar-refractivity contribution is 5.75. The first kappa shape index (κ1) is 13.8. The van der Waals surface area contributed by atoms with E-state index in [0.717, 1.165) is 0 Å². The van der Waals surface area contributed by atoms with Crippen LogP contribution in [0.5, 0.6) is 0 Å². The molecule has 0 radical (unpaired) electrons. The zero-order valence-corrected chi connectivity index (χ0v) is 10.5. The molecule has 5 atom stereocenters. The topological polar surface area (TPSA) is 112 Å². The molecule has 0 aromatic rings. The monoisotopic (exact) mass is 270 g/mol. The lowest BCUT2D eigenvalue weighted by Crippen LogP contribution is -2.43. The van der Waals surface area contributed by atoms with Gasteiger partial charge in [0.15, 0.2) is 0 Å². The van der Waals surface area contributed by atoms with Crippen LogP contribution in [-0.4, -0.2) is 33.2 Å². The second kappa shape index (κ2) is 5.19. The van der Waals surface area contributed by atoms with Crippen LogP contribution in [0.1, 0.15) is 32.1 Å². The van der Waals surface area contributed by atoms with Crippen molar-refractivity contribution in [3.8, 4) is 0 Å². The van der Waals surface area contributed by atoms with E-state index in [9.17, 15) is 19.5 Å². The van der Waals surface area contributed by atoms with E-state index in [1.165, 1.54) is 0 Å². The van der Waals surface area contributed by atoms with Gasteiger partial charge in [-0.15, -0.1) is 0 Å². The van der Waals surface area contributed by atoms with Crippen LogP contribution in [0.3, 0.4) is 0 Å². The van der Waals surface area contributed by atoms with Crippen molar-refractivity contribution in [3.63, 3.8) is 0 Å². The molecule has 2 aliphatic rings. The Kier molecular flexibility index (Phi) is 3.78. The van der Waals surface area contributed by atoms with Gasteiger partial charge in [-0.1, -0.05) is 0 Å². The number of carboxylic acids is 3. The molecule has 0 amide bonds. The van der Waals surface area contributed by atoms with E-state index in [0.29, 0.717) is 25.7 Å². The average Bonchev–Trinajstić information content (AvgIpc) is 2.36. The van der Waals surface area contributed by atoms with Gasteiger partial charge in [-0.25, -0.2) is 0 Å². The van der Waals surface area contributed by atoms with Crippen LogP contribution in [0.4, 0.5) is 0 Å². The normalized spacial score (nSPS) is 38.2. The maximum Gasteiger partial charge on any atom is 0.306 e. The highest BCUT2D eigenvalue weighted by Gasteiger charge is 2.46. The van der Waals surface area contributed by atoms with Gasteiger partial charge in [-0.05, 0) is 43.9 Å². The summed E-state index contributed by atoms with van der Waals surface area (Å²) in [5, 5.41) is 27.4. The third-order valence-corrected chi connectivity index (χ3v) is 4.70. The Balaban J connectivity index is 2.16. The van der Waals surface area contributed by atoms with E-state index in [1.807, 2.05) is 0 Å². The summed E-state index contributed by atoms with van der Waals surface area (Å²) in [5.74, 6) is -4.69. The summed E-state index contributed by atoms with van der Waals surface area (Å²) in [4.78, 5) is 33.4. The van der Waals surface area contributed by atoms with Crippen molar-refractivity contribution in [2.75, 3.05) is 0 Å². The number of carbonyl (C=O) groups is 3. The lowest BCUT2D eigenvalue weighted by molar-refractivity contribution is -0.155. The van der Waals surface area contributed by atoms with Crippen LogP contribution in [0.15, 0.2) is 0 Å². The molecule has 2 fully saturated rings. The fourth-order valence-corrected chi connectivity index (χ4v) is 3.74. The van der Waals surface area contributed by atoms with Gasteiger partial charge < -0.3 is 15.3 Å². The Morgan fingerprint density at radius 1 is 0.737 bits per heavy atom. The van der Waals surface area contributed by atoms with Gasteiger partial charge in [0.25, 0.3) is 0 Å². The Labute approximate surface area is 110 Å². The maximum absolute atomic E-state index is 11.3. The fourth-order valence-electron chi connectivity index (χ4n) is 3.74. The van der Waals surface area contributed by atoms with Crippen LogP contribution >= 0.6 is 0 Å². The highest BCUT2D eigenvalue weighted by Crippen LogP contribution is 2.47. The molecular formula is C13H18O6. The molecule has 2 aliphatic carbocycles. The third kappa shape index (κ3) is 2.72. The molecule has 3 N–H and O–H groups in total. The van der Waals surface area contributed by atoms with Gasteiger partial charge in [-0.3, -0.25) is 14.4 Å². The van der Waals surface area contributed by atoms with E-state index in [4.69, 9.17) is 10.2 Å². The first-order chi connectivity index (χ1) is 8.90. The molecule has 5 unspecified atom stereocenters. The Morgan fingerprint density at radius 2 is 1.32 bits per heavy atom. The van der Waals surface area contributed by atoms with E-state index < -0.39 is 35.7 Å². The number of carboxylic acid groups (broad SMARTS) is 3. The van der Waals surface area contributed by atoms with Gasteiger partial charge in [0, 0.05) is 0 Å². The van der Waals surface area contributed by atoms with Gasteiger partial charge >= 0.3 is 17.9 Å². The first-order valence-electron chi connectivity index (χ1n) is 6.58. The van der Waals surface area contributed by atoms with Gasteiger partial charge in [0.1, 0.15) is 0 Å². The van der Waals surface area contributed by atoms with Crippen molar-refractivity contribution in [2.45, 2.75) is 32.1 Å². The zero-order chi connectivity index (χ0) is 14.2. The highest BCUT2D eigenvalue weighted by atomic mass is 16.4. The van der Waals surface area contributed by atoms with E-state index in [2.05, 4.69) is 0 Å². The van der Waals surface area contributed by atoms with Crippen LogP contribution in [0.2, 0.25) is 0 Å². The Morgan fingerprint density at radius 3 is 1.84 bits per heavy atom. The standard InChI is InChI=1S/C13H18O6/c14-11(15)6-1-2-9-7(3-6)4-8(12(16)17)5-10(9)13(18)19/h6-10H,1-5H2,(H,14,15)(H,16,17)(H,18,19). The van der Waals surface area contributed by atoms with E-state index >= 15 is 0 Å². The van der Waals surface area contributed by atoms with Crippen molar-refractivity contribution in [2.24, 2.45) is 29.6 Å². The summed E-state index contributed by atoms with van der Waals surface area (Å²) < 4.78 is 0. The van der Waals surface area contributed by atoms with Crippen molar-refractivity contribution in [3.05, 3.63) is 0 Å². The van der Waals surface area contributed by atoms with Gasteiger partial charge in [0.2, 0.25) is 0 Å². The SMILES string of the molecule is O=C(O)C1CCC2C(C1)CC(C(=O)O)CC2C(=O)O. The van der Waals surface area contributed by atoms with Crippen LogP contribution in [0, 0.1) is 29.6 Å². The van der Waals surface area contributed by atoms with Crippen LogP contribution < -0.4 is 0 Å². The molecule has 0 aromatic carbocycles. The smallest absolute Gasteiger partial charge is 0.306 e. The minimum Gasteiger partial charge on any atom is -0.481 e. The van der Waals surface area contributed by atoms with E-state index in [-0.39, 0.29) is 18.3 Å². The molecule has 0 spiro atoms. The molecule has 0 heterocycles. The molecule has 0 aromatic heterocycles. The van der Waals surface area contributed by atoms with Gasteiger partial charge in [-0.2, -0.15) is 0 Å². The minimum absolute atomic E-state index is 0.0660. The number of hydrogen-bond acceptors (Lipinski definition) is 3. The number of fused-ring (bicyclic) bond motifs is 1. The molecule has 2 rings (SSSR count). The second-order valence-corrected chi connectivity index (χ2v) is 5.72. The molecule has 6 nitrogen and oxygen atoms in total. The predicted molar refractivity (Wildman–Crippen MR) is 63.4 cm³/mol. The molecule has 0 bridgehead atoms. The van der Waals surface area contributed by atoms with Crippen molar-refractivity contribution < 1.29 is 29.7 Å². The average molecular weight is 270 g/mol. The molecular weight excluding hydrogens is 252 g/mol. The molecule has 2 saturated carbocycles. The van der Waals surface area contributed by atoms with Crippen molar-refractivity contribution in [1.29, 1.82) is 0 Å². The summed E-state index contributed by atoms with van der Waals surface area (Å²) in [6.45, 7) is 0. The Bertz CT molecular complexity index is 402. The quantitative estimate of drug-likeness (QED) is 0.712. The summed E-state index contributed by atoms with van der Waals surface area (Å²) in [6, 6.07) is 0. The summed E-state index contributed by atoms with van der Waals surface area (Å²) in [6.07, 6.45) is 2.06. The van der Waals surface area contributed by atoms with Crippen molar-refractivity contribution >= 4 is 17.9 Å². The summed E-state index contributed by atoms with van der Waals surface area (Å²) in [7, 11) is 0. The lowest BCUT2D eigenvalue weighted by atomic mass is 9.60. The first-order valence-corrected chi connectivity index (χ1v) is 6.58. The largest absolute Gasteiger partial charge is 0.481 e. The third-order valence-electron chi connectivity index (χ3n) is 4.70. The van der Waals surface area contributed by atoms with E-state index in [1.54, 1.807) is 0 Å². The molecule has 106 valence electrons. The zero-order valence-electron chi connectivity index (χ0n) is 10.5. The molecule has 0 saturated heterocycles. The van der Waals surface area contributed by atoms with Crippen LogP contribution in [-0.2, 0) is 14.4 Å². The lowest BCUT2D eigenvalue weighted by Gasteiger charge is -2.43. The molecule has 19 heavy (non-hydrogen) atoms. The Hall–Kier alpha value is -1.59. The maximum atomic E-state index is 11.3. The number of hydrogen-bond donors (Lipinski definition) is 3. The molecule has 6 heteroatoms. The summed E-state index contributed by atoms with van der Waals surface area (Å²) >= 11 is 0. The summed E-state index contributed by atoms with van der Waals surface area (Å²) in [5.41, 5.74) is 0. The van der Waals surface area contributed by atoms with Crippen molar-refractivity contribution in [1.82, 2.24) is 0 Å². The predicted octanol–water partition coefficient (Wildman–Crippen LogP) is 1.30. The van der Waals surface area contributed by atoms with Crippen LogP contribution in [0.25, 0.3) is 0 Å². The second-order valence-electron chi connectivity index (χ2n) is 5.72. The number of rotatable bonds is 3. The molecule has 0 aliphatic heterocycles. The number of aliphatic carboxylic acids is 3.